The van der Waals surface area contributed by atoms with Crippen LogP contribution in [0.1, 0.15) is 17.0 Å². The largest absolute Gasteiger partial charge is 0.464 e. The van der Waals surface area contributed by atoms with Crippen LogP contribution in [-0.2, 0) is 6.54 Å². The van der Waals surface area contributed by atoms with Gasteiger partial charge in [0.2, 0.25) is 0 Å². The molecule has 2 atom stereocenters. The Morgan fingerprint density at radius 1 is 1.00 bits per heavy atom. The summed E-state index contributed by atoms with van der Waals surface area (Å²) in [6.07, 6.45) is 1.88. The first-order valence-electron chi connectivity index (χ1n) is 7.79. The monoisotopic (exact) mass is 328 g/mol. The summed E-state index contributed by atoms with van der Waals surface area (Å²) in [5.41, 5.74) is 9.93. The lowest BCUT2D eigenvalue weighted by molar-refractivity contribution is 0.323. The van der Waals surface area contributed by atoms with Crippen LogP contribution in [0.2, 0.25) is 0 Å². The zero-order chi connectivity index (χ0) is 14.9. The normalized spacial score (nSPS) is 21.4. The lowest BCUT2D eigenvalue weighted by atomic mass is 9.95. The van der Waals surface area contributed by atoms with E-state index in [1.54, 1.807) is 0 Å². The van der Waals surface area contributed by atoms with Gasteiger partial charge in [-0.1, -0.05) is 48.5 Å². The summed E-state index contributed by atoms with van der Waals surface area (Å²) in [5.74, 6) is 0.416. The minimum atomic E-state index is 0. The third-order valence-electron chi connectivity index (χ3n) is 4.62. The second-order valence-electron chi connectivity index (χ2n) is 6.13. The maximum atomic E-state index is 6.38. The number of hydrogen-bond donors (Lipinski definition) is 1. The topological polar surface area (TPSA) is 42.4 Å². The van der Waals surface area contributed by atoms with Crippen LogP contribution in [0.15, 0.2) is 65.3 Å². The molecule has 0 unspecified atom stereocenters. The molecular weight excluding hydrogens is 308 g/mol. The molecule has 120 valence electrons. The molecule has 0 amide bonds. The van der Waals surface area contributed by atoms with Crippen LogP contribution in [0.4, 0.5) is 0 Å². The third-order valence-corrected chi connectivity index (χ3v) is 4.62. The van der Waals surface area contributed by atoms with Gasteiger partial charge >= 0.3 is 0 Å². The molecule has 2 N–H and O–H groups in total. The molecule has 0 aliphatic carbocycles. The number of hydrogen-bond acceptors (Lipinski definition) is 3. The van der Waals surface area contributed by atoms with Gasteiger partial charge in [0.15, 0.2) is 0 Å². The second-order valence-corrected chi connectivity index (χ2v) is 6.13. The summed E-state index contributed by atoms with van der Waals surface area (Å²) in [6.45, 7) is 2.83. The van der Waals surface area contributed by atoms with Gasteiger partial charge in [0.1, 0.15) is 5.58 Å². The van der Waals surface area contributed by atoms with Crippen LogP contribution in [0.25, 0.3) is 11.0 Å². The molecule has 4 heteroatoms. The van der Waals surface area contributed by atoms with Crippen LogP contribution in [0.3, 0.4) is 0 Å². The molecule has 23 heavy (non-hydrogen) atoms. The van der Waals surface area contributed by atoms with Gasteiger partial charge in [-0.25, -0.2) is 0 Å². The summed E-state index contributed by atoms with van der Waals surface area (Å²) in [5, 5.41) is 1.21. The zero-order valence-electron chi connectivity index (χ0n) is 12.9. The van der Waals surface area contributed by atoms with E-state index in [9.17, 15) is 0 Å². The Morgan fingerprint density at radius 3 is 2.57 bits per heavy atom. The predicted octanol–water partition coefficient (Wildman–Crippen LogP) is 3.78. The van der Waals surface area contributed by atoms with Crippen molar-refractivity contribution < 1.29 is 4.42 Å². The second kappa shape index (κ2) is 6.75. The molecule has 0 spiro atoms. The van der Waals surface area contributed by atoms with E-state index in [0.717, 1.165) is 25.2 Å². The Kier molecular flexibility index (Phi) is 4.71. The standard InChI is InChI=1S/C19H20N2O.ClH/c20-18-12-21(11-17(18)14-6-2-1-3-7-14)10-15-13-22-19-9-5-4-8-16(15)19;/h1-9,13,17-18H,10-12,20H2;1H/t17-,18+;/m0./s1. The van der Waals surface area contributed by atoms with Crippen LogP contribution in [0.5, 0.6) is 0 Å². The number of nitrogens with zero attached hydrogens (tertiary/aromatic N) is 1. The molecule has 1 aliphatic rings. The first-order valence-corrected chi connectivity index (χ1v) is 7.79. The highest BCUT2D eigenvalue weighted by Crippen LogP contribution is 2.29. The summed E-state index contributed by atoms with van der Waals surface area (Å²) in [6, 6.07) is 19.0. The maximum Gasteiger partial charge on any atom is 0.134 e. The van der Waals surface area contributed by atoms with E-state index in [1.807, 2.05) is 18.4 Å². The van der Waals surface area contributed by atoms with Gasteiger partial charge in [0.25, 0.3) is 0 Å². The van der Waals surface area contributed by atoms with Crippen LogP contribution in [-0.4, -0.2) is 24.0 Å². The highest BCUT2D eigenvalue weighted by molar-refractivity contribution is 5.85. The summed E-state index contributed by atoms with van der Waals surface area (Å²) in [4.78, 5) is 2.43. The van der Waals surface area contributed by atoms with Crippen molar-refractivity contribution >= 4 is 23.4 Å². The quantitative estimate of drug-likeness (QED) is 0.795. The van der Waals surface area contributed by atoms with E-state index in [2.05, 4.69) is 47.4 Å². The minimum Gasteiger partial charge on any atom is -0.464 e. The average molecular weight is 329 g/mol. The number of fused-ring (bicyclic) bond motifs is 1. The van der Waals surface area contributed by atoms with Gasteiger partial charge in [-0.2, -0.15) is 0 Å². The van der Waals surface area contributed by atoms with Crippen molar-refractivity contribution in [1.29, 1.82) is 0 Å². The van der Waals surface area contributed by atoms with E-state index in [4.69, 9.17) is 10.2 Å². The van der Waals surface area contributed by atoms with Crippen LogP contribution < -0.4 is 5.73 Å². The predicted molar refractivity (Wildman–Crippen MR) is 95.9 cm³/mol. The van der Waals surface area contributed by atoms with Crippen molar-refractivity contribution in [2.24, 2.45) is 5.73 Å². The Labute approximate surface area is 142 Å². The fourth-order valence-electron chi connectivity index (χ4n) is 3.49. The van der Waals surface area contributed by atoms with E-state index >= 15 is 0 Å². The molecule has 3 aromatic rings. The lowest BCUT2D eigenvalue weighted by Crippen LogP contribution is -2.28. The van der Waals surface area contributed by atoms with Crippen molar-refractivity contribution in [3.05, 3.63) is 72.0 Å². The molecule has 0 radical (unpaired) electrons. The zero-order valence-corrected chi connectivity index (χ0v) is 13.7. The number of furan rings is 1. The molecule has 1 aliphatic heterocycles. The molecule has 1 saturated heterocycles. The molecule has 3 nitrogen and oxygen atoms in total. The molecular formula is C19H21ClN2O. The number of halogens is 1. The first kappa shape index (κ1) is 16.1. The summed E-state index contributed by atoms with van der Waals surface area (Å²) < 4.78 is 5.64. The Morgan fingerprint density at radius 2 is 1.74 bits per heavy atom. The summed E-state index contributed by atoms with van der Waals surface area (Å²) >= 11 is 0. The molecule has 1 aromatic heterocycles. The van der Waals surface area contributed by atoms with E-state index in [1.165, 1.54) is 16.5 Å². The highest BCUT2D eigenvalue weighted by Gasteiger charge is 2.31. The van der Waals surface area contributed by atoms with Gasteiger partial charge in [0.05, 0.1) is 6.26 Å². The third kappa shape index (κ3) is 3.13. The molecule has 2 aromatic carbocycles. The minimum absolute atomic E-state index is 0. The SMILES string of the molecule is Cl.N[C@@H]1CN(Cc2coc3ccccc23)C[C@H]1c1ccccc1. The van der Waals surface area contributed by atoms with Crippen molar-refractivity contribution in [3.8, 4) is 0 Å². The van der Waals surface area contributed by atoms with Crippen LogP contribution >= 0.6 is 12.4 Å². The van der Waals surface area contributed by atoms with E-state index in [-0.39, 0.29) is 18.4 Å². The number of benzene rings is 2. The fraction of sp³-hybridized carbons (Fsp3) is 0.263. The molecule has 0 saturated carbocycles. The Hall–Kier alpha value is -1.81. The van der Waals surface area contributed by atoms with Crippen LogP contribution in [0, 0.1) is 0 Å². The Bertz CT molecular complexity index is 771. The van der Waals surface area contributed by atoms with Crippen molar-refractivity contribution in [2.75, 3.05) is 13.1 Å². The molecule has 2 heterocycles. The average Bonchev–Trinajstić information content (AvgIpc) is 3.13. The van der Waals surface area contributed by atoms with Gasteiger partial charge in [-0.05, 0) is 11.6 Å². The molecule has 4 rings (SSSR count). The van der Waals surface area contributed by atoms with Gasteiger partial charge in [0, 0.05) is 42.5 Å². The summed E-state index contributed by atoms with van der Waals surface area (Å²) in [7, 11) is 0. The molecule has 1 fully saturated rings. The lowest BCUT2D eigenvalue weighted by Gasteiger charge is -2.15. The van der Waals surface area contributed by atoms with Crippen molar-refractivity contribution in [3.63, 3.8) is 0 Å². The number of nitrogens with two attached hydrogens (primary N) is 1. The van der Waals surface area contributed by atoms with E-state index < -0.39 is 0 Å². The maximum absolute atomic E-state index is 6.38. The number of rotatable bonds is 3. The first-order chi connectivity index (χ1) is 10.8. The Balaban J connectivity index is 0.00000156. The molecule has 0 bridgehead atoms. The highest BCUT2D eigenvalue weighted by atomic mass is 35.5. The van der Waals surface area contributed by atoms with Crippen molar-refractivity contribution in [1.82, 2.24) is 4.90 Å². The van der Waals surface area contributed by atoms with Gasteiger partial charge < -0.3 is 10.2 Å². The number of likely N-dealkylation sites (tertiary alicyclic amines) is 1. The van der Waals surface area contributed by atoms with Gasteiger partial charge in [-0.15, -0.1) is 12.4 Å². The van der Waals surface area contributed by atoms with Crippen molar-refractivity contribution in [2.45, 2.75) is 18.5 Å². The van der Waals surface area contributed by atoms with E-state index in [0.29, 0.717) is 5.92 Å². The van der Waals surface area contributed by atoms with Gasteiger partial charge in [-0.3, -0.25) is 4.90 Å². The fourth-order valence-corrected chi connectivity index (χ4v) is 3.49. The smallest absolute Gasteiger partial charge is 0.134 e. The number of para-hydroxylation sites is 1.